The van der Waals surface area contributed by atoms with Crippen molar-refractivity contribution in [2.75, 3.05) is 13.2 Å². The van der Waals surface area contributed by atoms with Crippen molar-refractivity contribution >= 4 is 11.9 Å². The van der Waals surface area contributed by atoms with Crippen LogP contribution in [0.4, 0.5) is 0 Å². The average molecular weight is 250 g/mol. The summed E-state index contributed by atoms with van der Waals surface area (Å²) < 4.78 is 9.93. The van der Waals surface area contributed by atoms with Gasteiger partial charge in [-0.2, -0.15) is 0 Å². The lowest BCUT2D eigenvalue weighted by Crippen LogP contribution is -2.23. The van der Waals surface area contributed by atoms with Crippen molar-refractivity contribution < 1.29 is 19.1 Å². The molecular formula is C14H18O4. The van der Waals surface area contributed by atoms with E-state index in [-0.39, 0.29) is 13.2 Å². The van der Waals surface area contributed by atoms with E-state index in [2.05, 4.69) is 6.58 Å². The number of hydrogen-bond acceptors (Lipinski definition) is 4. The number of allylic oxidation sites excluding steroid dienone is 3. The van der Waals surface area contributed by atoms with Gasteiger partial charge < -0.3 is 9.47 Å². The molecule has 0 N–H and O–H groups in total. The van der Waals surface area contributed by atoms with Crippen LogP contribution in [0.5, 0.6) is 0 Å². The first-order valence-electron chi connectivity index (χ1n) is 6.01. The van der Waals surface area contributed by atoms with E-state index in [4.69, 9.17) is 9.47 Å². The molecule has 0 amide bonds. The van der Waals surface area contributed by atoms with Gasteiger partial charge in [-0.25, -0.2) is 4.79 Å². The first-order chi connectivity index (χ1) is 8.65. The fraction of sp³-hybridized carbons (Fsp3) is 0.429. The summed E-state index contributed by atoms with van der Waals surface area (Å²) in [6, 6.07) is 0. The normalized spacial score (nSPS) is 17.8. The van der Waals surface area contributed by atoms with Crippen LogP contribution < -0.4 is 0 Å². The van der Waals surface area contributed by atoms with Gasteiger partial charge in [0, 0.05) is 0 Å². The maximum atomic E-state index is 11.9. The van der Waals surface area contributed by atoms with E-state index in [1.54, 1.807) is 32.1 Å². The van der Waals surface area contributed by atoms with Crippen molar-refractivity contribution in [2.45, 2.75) is 20.3 Å². The summed E-state index contributed by atoms with van der Waals surface area (Å²) in [6.45, 7) is 7.66. The van der Waals surface area contributed by atoms with E-state index in [9.17, 15) is 9.59 Å². The van der Waals surface area contributed by atoms with Crippen molar-refractivity contribution in [2.24, 2.45) is 5.92 Å². The number of carbonyl (C=O) groups is 2. The second kappa shape index (κ2) is 6.79. The highest BCUT2D eigenvalue weighted by Crippen LogP contribution is 2.29. The first kappa shape index (κ1) is 14.2. The number of hydrogen-bond donors (Lipinski definition) is 0. The average Bonchev–Trinajstić information content (AvgIpc) is 2.74. The minimum atomic E-state index is -0.654. The molecule has 0 aliphatic heterocycles. The van der Waals surface area contributed by atoms with Gasteiger partial charge >= 0.3 is 11.9 Å². The van der Waals surface area contributed by atoms with E-state index >= 15 is 0 Å². The Balaban J connectivity index is 2.99. The highest BCUT2D eigenvalue weighted by molar-refractivity contribution is 5.99. The summed E-state index contributed by atoms with van der Waals surface area (Å²) in [4.78, 5) is 23.7. The molecule has 4 nitrogen and oxygen atoms in total. The molecule has 1 aliphatic carbocycles. The van der Waals surface area contributed by atoms with Crippen LogP contribution in [-0.2, 0) is 19.1 Å². The molecule has 0 spiro atoms. The standard InChI is InChI=1S/C14H18O4/c1-4-7-10-8-9-11(13(15)17-5-2)12(10)14(16)18-6-3/h4,8-9,11H,1,5-7H2,2-3H3. The van der Waals surface area contributed by atoms with Crippen LogP contribution in [0.25, 0.3) is 0 Å². The highest BCUT2D eigenvalue weighted by Gasteiger charge is 2.33. The van der Waals surface area contributed by atoms with Gasteiger partial charge in [0.25, 0.3) is 0 Å². The topological polar surface area (TPSA) is 52.6 Å². The molecule has 1 atom stereocenters. The molecule has 0 fully saturated rings. The molecule has 0 saturated carbocycles. The van der Waals surface area contributed by atoms with Gasteiger partial charge in [0.2, 0.25) is 0 Å². The van der Waals surface area contributed by atoms with Gasteiger partial charge in [0.1, 0.15) is 5.92 Å². The zero-order valence-electron chi connectivity index (χ0n) is 10.8. The quantitative estimate of drug-likeness (QED) is 0.535. The zero-order valence-corrected chi connectivity index (χ0v) is 10.8. The lowest BCUT2D eigenvalue weighted by Gasteiger charge is -2.13. The fourth-order valence-electron chi connectivity index (χ4n) is 1.83. The van der Waals surface area contributed by atoms with Crippen molar-refractivity contribution in [1.29, 1.82) is 0 Å². The van der Waals surface area contributed by atoms with Crippen LogP contribution in [0.2, 0.25) is 0 Å². The number of rotatable bonds is 6. The Bertz CT molecular complexity index is 404. The van der Waals surface area contributed by atoms with Crippen molar-refractivity contribution in [3.8, 4) is 0 Å². The Morgan fingerprint density at radius 3 is 2.56 bits per heavy atom. The zero-order chi connectivity index (χ0) is 13.5. The maximum Gasteiger partial charge on any atom is 0.335 e. The molecule has 0 bridgehead atoms. The van der Waals surface area contributed by atoms with Gasteiger partial charge in [0.05, 0.1) is 18.8 Å². The number of carbonyl (C=O) groups excluding carboxylic acids is 2. The third-order valence-corrected chi connectivity index (χ3v) is 2.55. The summed E-state index contributed by atoms with van der Waals surface area (Å²) in [5.41, 5.74) is 1.14. The predicted octanol–water partition coefficient (Wildman–Crippen LogP) is 2.17. The monoisotopic (exact) mass is 250 g/mol. The minimum Gasteiger partial charge on any atom is -0.465 e. The minimum absolute atomic E-state index is 0.277. The number of ether oxygens (including phenoxy) is 2. The molecule has 98 valence electrons. The van der Waals surface area contributed by atoms with Gasteiger partial charge in [-0.1, -0.05) is 18.2 Å². The van der Waals surface area contributed by atoms with E-state index in [0.717, 1.165) is 5.57 Å². The largest absolute Gasteiger partial charge is 0.465 e. The fourth-order valence-corrected chi connectivity index (χ4v) is 1.83. The molecule has 0 aromatic rings. The highest BCUT2D eigenvalue weighted by atomic mass is 16.5. The maximum absolute atomic E-state index is 11.9. The molecule has 1 unspecified atom stereocenters. The summed E-state index contributed by atoms with van der Waals surface area (Å²) in [6.07, 6.45) is 5.64. The molecule has 0 saturated heterocycles. The number of esters is 2. The van der Waals surface area contributed by atoms with Gasteiger partial charge in [-0.15, -0.1) is 6.58 Å². The summed E-state index contributed by atoms with van der Waals surface area (Å²) in [5.74, 6) is -1.53. The van der Waals surface area contributed by atoms with Crippen molar-refractivity contribution in [1.82, 2.24) is 0 Å². The van der Waals surface area contributed by atoms with Crippen molar-refractivity contribution in [3.63, 3.8) is 0 Å². The molecule has 0 aromatic heterocycles. The molecule has 0 heterocycles. The third-order valence-electron chi connectivity index (χ3n) is 2.55. The van der Waals surface area contributed by atoms with Crippen LogP contribution in [0, 0.1) is 5.92 Å². The Morgan fingerprint density at radius 2 is 2.00 bits per heavy atom. The molecule has 1 rings (SSSR count). The van der Waals surface area contributed by atoms with Gasteiger partial charge in [-0.3, -0.25) is 4.79 Å². The van der Waals surface area contributed by atoms with Crippen LogP contribution in [0.1, 0.15) is 20.3 Å². The molecule has 4 heteroatoms. The Kier molecular flexibility index (Phi) is 5.36. The van der Waals surface area contributed by atoms with Crippen LogP contribution in [-0.4, -0.2) is 25.2 Å². The van der Waals surface area contributed by atoms with Gasteiger partial charge in [-0.05, 0) is 25.8 Å². The first-order valence-corrected chi connectivity index (χ1v) is 6.01. The SMILES string of the molecule is C=CCC1=C(C(=O)OCC)C(C(=O)OCC)C=C1. The van der Waals surface area contributed by atoms with Crippen molar-refractivity contribution in [3.05, 3.63) is 36.0 Å². The Labute approximate surface area is 107 Å². The Hall–Kier alpha value is -1.84. The smallest absolute Gasteiger partial charge is 0.335 e. The molecule has 0 radical (unpaired) electrons. The van der Waals surface area contributed by atoms with E-state index in [0.29, 0.717) is 12.0 Å². The molecule has 1 aliphatic rings. The lowest BCUT2D eigenvalue weighted by atomic mass is 9.99. The summed E-state index contributed by atoms with van der Waals surface area (Å²) in [7, 11) is 0. The third kappa shape index (κ3) is 3.09. The van der Waals surface area contributed by atoms with Crippen LogP contribution in [0.15, 0.2) is 36.0 Å². The second-order valence-electron chi connectivity index (χ2n) is 3.74. The molecule has 18 heavy (non-hydrogen) atoms. The van der Waals surface area contributed by atoms with E-state index in [1.807, 2.05) is 0 Å². The van der Waals surface area contributed by atoms with E-state index < -0.39 is 17.9 Å². The second-order valence-corrected chi connectivity index (χ2v) is 3.74. The molecule has 0 aromatic carbocycles. The predicted molar refractivity (Wildman–Crippen MR) is 67.7 cm³/mol. The van der Waals surface area contributed by atoms with Crippen LogP contribution >= 0.6 is 0 Å². The summed E-state index contributed by atoms with van der Waals surface area (Å²) in [5, 5.41) is 0. The van der Waals surface area contributed by atoms with Gasteiger partial charge in [0.15, 0.2) is 0 Å². The van der Waals surface area contributed by atoms with E-state index in [1.165, 1.54) is 0 Å². The van der Waals surface area contributed by atoms with Crippen LogP contribution in [0.3, 0.4) is 0 Å². The summed E-state index contributed by atoms with van der Waals surface area (Å²) >= 11 is 0. The Morgan fingerprint density at radius 1 is 1.33 bits per heavy atom. The molecular weight excluding hydrogens is 232 g/mol. The lowest BCUT2D eigenvalue weighted by molar-refractivity contribution is -0.148.